The van der Waals surface area contributed by atoms with Crippen LogP contribution < -0.4 is 5.32 Å². The van der Waals surface area contributed by atoms with Crippen molar-refractivity contribution in [2.75, 3.05) is 20.3 Å². The number of aromatic nitrogens is 1. The third-order valence-corrected chi connectivity index (χ3v) is 3.25. The molecule has 1 aromatic heterocycles. The van der Waals surface area contributed by atoms with Crippen molar-refractivity contribution in [2.24, 2.45) is 0 Å². The number of rotatable bonds is 6. The summed E-state index contributed by atoms with van der Waals surface area (Å²) >= 11 is 11.8. The summed E-state index contributed by atoms with van der Waals surface area (Å²) in [5, 5.41) is 4.19. The van der Waals surface area contributed by atoms with E-state index in [-0.39, 0.29) is 0 Å². The minimum absolute atomic E-state index is 0.483. The number of nitrogens with one attached hydrogen (secondary N) is 1. The first kappa shape index (κ1) is 14.3. The summed E-state index contributed by atoms with van der Waals surface area (Å²) < 4.78 is 10.4. The lowest BCUT2D eigenvalue weighted by molar-refractivity contribution is 0.199. The van der Waals surface area contributed by atoms with Gasteiger partial charge in [-0.15, -0.1) is 0 Å². The fourth-order valence-electron chi connectivity index (χ4n) is 1.54. The molecule has 0 saturated heterocycles. The predicted molar refractivity (Wildman–Crippen MR) is 75.5 cm³/mol. The summed E-state index contributed by atoms with van der Waals surface area (Å²) in [6.07, 6.45) is 1.62. The summed E-state index contributed by atoms with van der Waals surface area (Å²) in [6, 6.07) is 5.28. The first-order valence-corrected chi connectivity index (χ1v) is 6.56. The molecule has 19 heavy (non-hydrogen) atoms. The van der Waals surface area contributed by atoms with Gasteiger partial charge in [0.1, 0.15) is 6.26 Å². The van der Waals surface area contributed by atoms with Gasteiger partial charge in [-0.3, -0.25) is 0 Å². The van der Waals surface area contributed by atoms with E-state index in [0.717, 1.165) is 17.8 Å². The second-order valence-corrected chi connectivity index (χ2v) is 4.76. The summed E-state index contributed by atoms with van der Waals surface area (Å²) in [5.74, 6) is 0.530. The monoisotopic (exact) mass is 300 g/mol. The SMILES string of the molecule is COCCNCc1coc(-c2ccc(Cl)c(Cl)c2)n1. The second-order valence-electron chi connectivity index (χ2n) is 3.94. The number of oxazole rings is 1. The Morgan fingerprint density at radius 1 is 1.32 bits per heavy atom. The van der Waals surface area contributed by atoms with Crippen molar-refractivity contribution in [1.82, 2.24) is 10.3 Å². The van der Waals surface area contributed by atoms with E-state index in [1.165, 1.54) is 0 Å². The summed E-state index contributed by atoms with van der Waals surface area (Å²) in [4.78, 5) is 4.38. The third-order valence-electron chi connectivity index (χ3n) is 2.51. The smallest absolute Gasteiger partial charge is 0.226 e. The number of ether oxygens (including phenoxy) is 1. The number of methoxy groups -OCH3 is 1. The van der Waals surface area contributed by atoms with E-state index in [9.17, 15) is 0 Å². The summed E-state index contributed by atoms with van der Waals surface area (Å²) in [6.45, 7) is 2.07. The maximum absolute atomic E-state index is 5.96. The van der Waals surface area contributed by atoms with Gasteiger partial charge >= 0.3 is 0 Å². The van der Waals surface area contributed by atoms with E-state index >= 15 is 0 Å². The lowest BCUT2D eigenvalue weighted by atomic mass is 10.2. The normalized spacial score (nSPS) is 10.9. The van der Waals surface area contributed by atoms with Crippen molar-refractivity contribution < 1.29 is 9.15 Å². The zero-order valence-electron chi connectivity index (χ0n) is 10.5. The molecule has 0 atom stereocenters. The standard InChI is InChI=1S/C13H14Cl2N2O2/c1-18-5-4-16-7-10-8-19-13(17-10)9-2-3-11(14)12(15)6-9/h2-3,6,8,16H,4-5,7H2,1H3. The van der Waals surface area contributed by atoms with Gasteiger partial charge in [0.15, 0.2) is 0 Å². The van der Waals surface area contributed by atoms with Crippen molar-refractivity contribution in [3.05, 3.63) is 40.2 Å². The molecule has 2 aromatic rings. The van der Waals surface area contributed by atoms with Gasteiger partial charge < -0.3 is 14.5 Å². The molecule has 0 spiro atoms. The first-order valence-electron chi connectivity index (χ1n) is 5.80. The quantitative estimate of drug-likeness (QED) is 0.831. The van der Waals surface area contributed by atoms with E-state index in [0.29, 0.717) is 29.1 Å². The molecule has 0 unspecified atom stereocenters. The maximum atomic E-state index is 5.96. The van der Waals surface area contributed by atoms with Crippen LogP contribution in [0.25, 0.3) is 11.5 Å². The highest BCUT2D eigenvalue weighted by Gasteiger charge is 2.08. The molecule has 1 aromatic carbocycles. The Balaban J connectivity index is 2.01. The van der Waals surface area contributed by atoms with Crippen LogP contribution in [0, 0.1) is 0 Å². The van der Waals surface area contributed by atoms with Gasteiger partial charge in [-0.05, 0) is 18.2 Å². The zero-order chi connectivity index (χ0) is 13.7. The van der Waals surface area contributed by atoms with Crippen LogP contribution in [0.2, 0.25) is 10.0 Å². The Bertz CT molecular complexity index is 543. The number of benzene rings is 1. The highest BCUT2D eigenvalue weighted by Crippen LogP contribution is 2.27. The molecule has 0 radical (unpaired) electrons. The van der Waals surface area contributed by atoms with Crippen LogP contribution in [0.1, 0.15) is 5.69 Å². The van der Waals surface area contributed by atoms with Crippen LogP contribution in [0.5, 0.6) is 0 Å². The van der Waals surface area contributed by atoms with Crippen LogP contribution >= 0.6 is 23.2 Å². The fourth-order valence-corrected chi connectivity index (χ4v) is 1.84. The lowest BCUT2D eigenvalue weighted by Crippen LogP contribution is -2.18. The van der Waals surface area contributed by atoms with Crippen molar-refractivity contribution >= 4 is 23.2 Å². The maximum Gasteiger partial charge on any atom is 0.226 e. The minimum atomic E-state index is 0.483. The van der Waals surface area contributed by atoms with Crippen LogP contribution in [-0.4, -0.2) is 25.2 Å². The Labute approximate surface area is 121 Å². The van der Waals surface area contributed by atoms with E-state index in [2.05, 4.69) is 10.3 Å². The minimum Gasteiger partial charge on any atom is -0.444 e. The zero-order valence-corrected chi connectivity index (χ0v) is 12.0. The number of halogens is 2. The van der Waals surface area contributed by atoms with Crippen LogP contribution in [-0.2, 0) is 11.3 Å². The molecule has 0 saturated carbocycles. The average Bonchev–Trinajstić information content (AvgIpc) is 2.87. The highest BCUT2D eigenvalue weighted by atomic mass is 35.5. The van der Waals surface area contributed by atoms with Crippen LogP contribution in [0.3, 0.4) is 0 Å². The van der Waals surface area contributed by atoms with Gasteiger partial charge in [0.25, 0.3) is 0 Å². The molecule has 0 aliphatic heterocycles. The molecule has 2 rings (SSSR count). The summed E-state index contributed by atoms with van der Waals surface area (Å²) in [5.41, 5.74) is 1.63. The molecular weight excluding hydrogens is 287 g/mol. The molecule has 0 aliphatic carbocycles. The van der Waals surface area contributed by atoms with E-state index < -0.39 is 0 Å². The van der Waals surface area contributed by atoms with Gasteiger partial charge in [0.05, 0.1) is 22.3 Å². The molecular formula is C13H14Cl2N2O2. The second kappa shape index (κ2) is 6.91. The van der Waals surface area contributed by atoms with Crippen molar-refractivity contribution in [2.45, 2.75) is 6.54 Å². The third kappa shape index (κ3) is 3.94. The lowest BCUT2D eigenvalue weighted by Gasteiger charge is -2.00. The van der Waals surface area contributed by atoms with Crippen molar-refractivity contribution in [3.8, 4) is 11.5 Å². The summed E-state index contributed by atoms with van der Waals surface area (Å²) in [7, 11) is 1.67. The largest absolute Gasteiger partial charge is 0.444 e. The Morgan fingerprint density at radius 2 is 2.16 bits per heavy atom. The fraction of sp³-hybridized carbons (Fsp3) is 0.308. The molecule has 1 heterocycles. The number of nitrogens with zero attached hydrogens (tertiary/aromatic N) is 1. The molecule has 0 fully saturated rings. The Kier molecular flexibility index (Phi) is 5.22. The first-order chi connectivity index (χ1) is 9.20. The molecule has 4 nitrogen and oxygen atoms in total. The molecule has 0 bridgehead atoms. The van der Waals surface area contributed by atoms with Crippen LogP contribution in [0.15, 0.2) is 28.9 Å². The van der Waals surface area contributed by atoms with Crippen molar-refractivity contribution in [3.63, 3.8) is 0 Å². The molecule has 6 heteroatoms. The molecule has 0 amide bonds. The topological polar surface area (TPSA) is 47.3 Å². The van der Waals surface area contributed by atoms with E-state index in [1.54, 1.807) is 25.5 Å². The number of hydrogen-bond acceptors (Lipinski definition) is 4. The van der Waals surface area contributed by atoms with E-state index in [4.69, 9.17) is 32.4 Å². The molecule has 1 N–H and O–H groups in total. The van der Waals surface area contributed by atoms with Crippen LogP contribution in [0.4, 0.5) is 0 Å². The van der Waals surface area contributed by atoms with Gasteiger partial charge in [-0.25, -0.2) is 4.98 Å². The van der Waals surface area contributed by atoms with Gasteiger partial charge in [0, 0.05) is 25.8 Å². The van der Waals surface area contributed by atoms with E-state index in [1.807, 2.05) is 6.07 Å². The number of hydrogen-bond donors (Lipinski definition) is 1. The molecule has 0 aliphatic rings. The van der Waals surface area contributed by atoms with Gasteiger partial charge in [-0.2, -0.15) is 0 Å². The van der Waals surface area contributed by atoms with Gasteiger partial charge in [-0.1, -0.05) is 23.2 Å². The molecule has 102 valence electrons. The average molecular weight is 301 g/mol. The Hall–Kier alpha value is -1.07. The Morgan fingerprint density at radius 3 is 2.89 bits per heavy atom. The highest BCUT2D eigenvalue weighted by molar-refractivity contribution is 6.42. The van der Waals surface area contributed by atoms with Gasteiger partial charge in [0.2, 0.25) is 5.89 Å². The van der Waals surface area contributed by atoms with Crippen molar-refractivity contribution in [1.29, 1.82) is 0 Å². The predicted octanol–water partition coefficient (Wildman–Crippen LogP) is 3.38.